The molecule has 20 heavy (non-hydrogen) atoms. The third-order valence-electron chi connectivity index (χ3n) is 3.22. The summed E-state index contributed by atoms with van der Waals surface area (Å²) in [6.07, 6.45) is 4.11. The van der Waals surface area contributed by atoms with Crippen LogP contribution in [0, 0.1) is 5.92 Å². The molecule has 1 rings (SSSR count). The smallest absolute Gasteiger partial charge is 0.180 e. The maximum Gasteiger partial charge on any atom is 0.180 e. The number of nitrogens with one attached hydrogen (secondary N) is 1. The van der Waals surface area contributed by atoms with E-state index in [-0.39, 0.29) is 5.75 Å². The molecule has 1 aromatic rings. The number of sulfone groups is 1. The van der Waals surface area contributed by atoms with Crippen molar-refractivity contribution in [2.75, 3.05) is 17.6 Å². The number of anilines is 1. The maximum absolute atomic E-state index is 12.2. The van der Waals surface area contributed by atoms with Gasteiger partial charge in [0.1, 0.15) is 0 Å². The number of hydrogen-bond donors (Lipinski definition) is 1. The van der Waals surface area contributed by atoms with Crippen LogP contribution in [0.2, 0.25) is 0 Å². The largest absolute Gasteiger partial charge is 0.384 e. The van der Waals surface area contributed by atoms with E-state index in [0.29, 0.717) is 11.3 Å². The fourth-order valence-corrected chi connectivity index (χ4v) is 3.68. The Hall–Kier alpha value is -1.03. The lowest BCUT2D eigenvalue weighted by atomic mass is 10.1. The van der Waals surface area contributed by atoms with Crippen LogP contribution >= 0.6 is 0 Å². The summed E-state index contributed by atoms with van der Waals surface area (Å²) < 4.78 is 24.4. The normalized spacial score (nSPS) is 11.8. The summed E-state index contributed by atoms with van der Waals surface area (Å²) in [5.41, 5.74) is 0.741. The highest BCUT2D eigenvalue weighted by molar-refractivity contribution is 7.91. The Morgan fingerprint density at radius 2 is 1.85 bits per heavy atom. The fourth-order valence-electron chi connectivity index (χ4n) is 2.16. The molecule has 0 aromatic heterocycles. The molecule has 3 nitrogen and oxygen atoms in total. The zero-order valence-corrected chi connectivity index (χ0v) is 13.7. The van der Waals surface area contributed by atoms with Crippen LogP contribution in [0.4, 0.5) is 5.69 Å². The van der Waals surface area contributed by atoms with E-state index in [9.17, 15) is 8.42 Å². The molecule has 0 amide bonds. The molecule has 1 aromatic carbocycles. The average molecular weight is 297 g/mol. The molecular formula is C16H27NO2S. The van der Waals surface area contributed by atoms with E-state index >= 15 is 0 Å². The first-order valence-electron chi connectivity index (χ1n) is 7.53. The van der Waals surface area contributed by atoms with E-state index in [0.717, 1.165) is 24.6 Å². The number of para-hydroxylation sites is 1. The molecule has 0 aliphatic rings. The minimum atomic E-state index is -3.16. The van der Waals surface area contributed by atoms with Crippen molar-refractivity contribution in [2.45, 2.75) is 51.3 Å². The molecule has 0 aliphatic carbocycles. The van der Waals surface area contributed by atoms with Crippen LogP contribution in [0.1, 0.15) is 46.5 Å². The summed E-state index contributed by atoms with van der Waals surface area (Å²) in [6, 6.07) is 7.21. The second kappa shape index (κ2) is 8.30. The van der Waals surface area contributed by atoms with Crippen LogP contribution in [0.3, 0.4) is 0 Å². The summed E-state index contributed by atoms with van der Waals surface area (Å²) in [6.45, 7) is 7.16. The van der Waals surface area contributed by atoms with Gasteiger partial charge in [-0.2, -0.15) is 0 Å². The molecular weight excluding hydrogens is 270 g/mol. The average Bonchev–Trinajstić information content (AvgIpc) is 2.38. The van der Waals surface area contributed by atoms with Crippen molar-refractivity contribution in [3.8, 4) is 0 Å². The first-order chi connectivity index (χ1) is 9.47. The number of hydrogen-bond acceptors (Lipinski definition) is 3. The zero-order chi connectivity index (χ0) is 15.0. The Kier molecular flexibility index (Phi) is 7.06. The maximum atomic E-state index is 12.2. The van der Waals surface area contributed by atoms with Gasteiger partial charge in [-0.25, -0.2) is 8.42 Å². The van der Waals surface area contributed by atoms with Gasteiger partial charge in [-0.3, -0.25) is 0 Å². The minimum Gasteiger partial charge on any atom is -0.384 e. The molecule has 114 valence electrons. The minimum absolute atomic E-state index is 0.207. The van der Waals surface area contributed by atoms with Gasteiger partial charge in [-0.1, -0.05) is 45.7 Å². The van der Waals surface area contributed by atoms with Gasteiger partial charge in [0.2, 0.25) is 0 Å². The number of benzene rings is 1. The molecule has 4 heteroatoms. The third kappa shape index (κ3) is 5.53. The van der Waals surface area contributed by atoms with Gasteiger partial charge in [-0.15, -0.1) is 0 Å². The van der Waals surface area contributed by atoms with E-state index in [1.54, 1.807) is 12.1 Å². The van der Waals surface area contributed by atoms with E-state index in [2.05, 4.69) is 19.2 Å². The Labute approximate surface area is 123 Å². The summed E-state index contributed by atoms with van der Waals surface area (Å²) in [7, 11) is -3.16. The Morgan fingerprint density at radius 3 is 2.50 bits per heavy atom. The zero-order valence-electron chi connectivity index (χ0n) is 12.9. The molecule has 1 N–H and O–H groups in total. The van der Waals surface area contributed by atoms with E-state index < -0.39 is 9.84 Å². The number of rotatable bonds is 9. The van der Waals surface area contributed by atoms with Gasteiger partial charge in [0.05, 0.1) is 16.3 Å². The van der Waals surface area contributed by atoms with Crippen LogP contribution in [0.5, 0.6) is 0 Å². The van der Waals surface area contributed by atoms with E-state index in [4.69, 9.17) is 0 Å². The molecule has 0 spiro atoms. The second-order valence-electron chi connectivity index (χ2n) is 5.63. The van der Waals surface area contributed by atoms with E-state index in [1.807, 2.05) is 19.1 Å². The van der Waals surface area contributed by atoms with Gasteiger partial charge in [-0.05, 0) is 30.9 Å². The van der Waals surface area contributed by atoms with Crippen LogP contribution in [0.25, 0.3) is 0 Å². The van der Waals surface area contributed by atoms with Crippen molar-refractivity contribution in [3.05, 3.63) is 24.3 Å². The Morgan fingerprint density at radius 1 is 1.15 bits per heavy atom. The lowest BCUT2D eigenvalue weighted by Gasteiger charge is -2.12. The van der Waals surface area contributed by atoms with Gasteiger partial charge < -0.3 is 5.32 Å². The summed E-state index contributed by atoms with van der Waals surface area (Å²) >= 11 is 0. The van der Waals surface area contributed by atoms with Gasteiger partial charge >= 0.3 is 0 Å². The predicted molar refractivity (Wildman–Crippen MR) is 86.0 cm³/mol. The lowest BCUT2D eigenvalue weighted by Crippen LogP contribution is -2.11. The molecule has 0 fully saturated rings. The lowest BCUT2D eigenvalue weighted by molar-refractivity contribution is 0.544. The topological polar surface area (TPSA) is 46.2 Å². The van der Waals surface area contributed by atoms with Crippen molar-refractivity contribution in [1.82, 2.24) is 0 Å². The highest BCUT2D eigenvalue weighted by Crippen LogP contribution is 2.22. The molecule has 0 radical (unpaired) electrons. The van der Waals surface area contributed by atoms with Gasteiger partial charge in [0, 0.05) is 6.54 Å². The van der Waals surface area contributed by atoms with Crippen molar-refractivity contribution in [2.24, 2.45) is 5.92 Å². The summed E-state index contributed by atoms with van der Waals surface area (Å²) in [4.78, 5) is 0.436. The molecule has 0 saturated heterocycles. The van der Waals surface area contributed by atoms with Gasteiger partial charge in [0.25, 0.3) is 0 Å². The van der Waals surface area contributed by atoms with E-state index in [1.165, 1.54) is 12.8 Å². The highest BCUT2D eigenvalue weighted by atomic mass is 32.2. The molecule has 0 bridgehead atoms. The Balaban J connectivity index is 2.63. The first kappa shape index (κ1) is 17.0. The standard InChI is InChI=1S/C16H27NO2S/c1-4-13-20(18,19)16-11-6-5-10-15(16)17-12-8-7-9-14(2)3/h5-6,10-11,14,17H,4,7-9,12-13H2,1-3H3. The predicted octanol–water partition coefficient (Wildman–Crippen LogP) is 4.11. The van der Waals surface area contributed by atoms with Crippen molar-refractivity contribution in [1.29, 1.82) is 0 Å². The van der Waals surface area contributed by atoms with Crippen molar-refractivity contribution >= 4 is 15.5 Å². The van der Waals surface area contributed by atoms with Gasteiger partial charge in [0.15, 0.2) is 9.84 Å². The second-order valence-corrected chi connectivity index (χ2v) is 7.71. The molecule has 0 heterocycles. The van der Waals surface area contributed by atoms with Crippen molar-refractivity contribution < 1.29 is 8.42 Å². The SMILES string of the molecule is CCCS(=O)(=O)c1ccccc1NCCCCC(C)C. The van der Waals surface area contributed by atoms with Crippen LogP contribution in [0.15, 0.2) is 29.2 Å². The van der Waals surface area contributed by atoms with Crippen LogP contribution < -0.4 is 5.32 Å². The Bertz CT molecular complexity index is 495. The molecule has 0 atom stereocenters. The first-order valence-corrected chi connectivity index (χ1v) is 9.18. The monoisotopic (exact) mass is 297 g/mol. The van der Waals surface area contributed by atoms with Crippen LogP contribution in [-0.2, 0) is 9.84 Å². The fraction of sp³-hybridized carbons (Fsp3) is 0.625. The molecule has 0 aliphatic heterocycles. The van der Waals surface area contributed by atoms with Crippen molar-refractivity contribution in [3.63, 3.8) is 0 Å². The highest BCUT2D eigenvalue weighted by Gasteiger charge is 2.16. The quantitative estimate of drug-likeness (QED) is 0.698. The third-order valence-corrected chi connectivity index (χ3v) is 5.19. The van der Waals surface area contributed by atoms with Crippen LogP contribution in [-0.4, -0.2) is 20.7 Å². The summed E-state index contributed by atoms with van der Waals surface area (Å²) in [5, 5.41) is 3.27. The molecule has 0 unspecified atom stereocenters. The molecule has 0 saturated carbocycles. The summed E-state index contributed by atoms with van der Waals surface area (Å²) in [5.74, 6) is 0.936. The number of unbranched alkanes of at least 4 members (excludes halogenated alkanes) is 1.